The van der Waals surface area contributed by atoms with Gasteiger partial charge in [0.25, 0.3) is 5.91 Å². The Kier molecular flexibility index (Phi) is 6.30. The van der Waals surface area contributed by atoms with Crippen molar-refractivity contribution in [3.63, 3.8) is 0 Å². The van der Waals surface area contributed by atoms with Gasteiger partial charge in [-0.1, -0.05) is 44.2 Å². The minimum atomic E-state index is -0.0710. The maximum atomic E-state index is 12.3. The second kappa shape index (κ2) is 8.23. The Morgan fingerprint density at radius 3 is 2.67 bits per heavy atom. The van der Waals surface area contributed by atoms with Gasteiger partial charge in [-0.25, -0.2) is 4.98 Å². The predicted molar refractivity (Wildman–Crippen MR) is 87.0 cm³/mol. The fourth-order valence-corrected chi connectivity index (χ4v) is 2.86. The number of pyridine rings is 1. The Morgan fingerprint density at radius 1 is 1.33 bits per heavy atom. The third-order valence-electron chi connectivity index (χ3n) is 3.84. The molecular weight excluding hydrogens is 286 g/mol. The maximum absolute atomic E-state index is 12.3. The molecule has 5 heteroatoms. The van der Waals surface area contributed by atoms with Crippen molar-refractivity contribution in [2.75, 3.05) is 11.9 Å². The van der Waals surface area contributed by atoms with Gasteiger partial charge in [-0.15, -0.1) is 0 Å². The highest BCUT2D eigenvalue weighted by Gasteiger charge is 2.16. The van der Waals surface area contributed by atoms with E-state index in [0.717, 1.165) is 25.8 Å². The van der Waals surface area contributed by atoms with Crippen LogP contribution in [0.1, 0.15) is 62.2 Å². The first-order valence-corrected chi connectivity index (χ1v) is 8.28. The van der Waals surface area contributed by atoms with E-state index in [0.29, 0.717) is 16.4 Å². The summed E-state index contributed by atoms with van der Waals surface area (Å²) < 4.78 is 0. The third-order valence-corrected chi connectivity index (χ3v) is 4.12. The van der Waals surface area contributed by atoms with Gasteiger partial charge in [-0.2, -0.15) is 0 Å². The second-order valence-corrected chi connectivity index (χ2v) is 6.05. The Morgan fingerprint density at radius 2 is 2.05 bits per heavy atom. The molecule has 1 aromatic rings. The molecule has 0 atom stereocenters. The lowest BCUT2D eigenvalue weighted by Crippen LogP contribution is -2.34. The summed E-state index contributed by atoms with van der Waals surface area (Å²) in [5.41, 5.74) is 0.534. The van der Waals surface area contributed by atoms with Gasteiger partial charge in [0.2, 0.25) is 0 Å². The van der Waals surface area contributed by atoms with Crippen LogP contribution in [0.2, 0.25) is 5.02 Å². The number of nitrogens with one attached hydrogen (secondary N) is 2. The molecule has 1 amide bonds. The van der Waals surface area contributed by atoms with Crippen LogP contribution in [0.15, 0.2) is 12.3 Å². The predicted octanol–water partition coefficient (Wildman–Crippen LogP) is 4.01. The number of hydrogen-bond acceptors (Lipinski definition) is 3. The largest absolute Gasteiger partial charge is 0.369 e. The molecule has 0 aliphatic heterocycles. The van der Waals surface area contributed by atoms with Crippen LogP contribution in [0.3, 0.4) is 0 Å². The van der Waals surface area contributed by atoms with Crippen LogP contribution < -0.4 is 10.6 Å². The zero-order valence-electron chi connectivity index (χ0n) is 12.6. The summed E-state index contributed by atoms with van der Waals surface area (Å²) in [6.07, 6.45) is 9.69. The van der Waals surface area contributed by atoms with Crippen molar-refractivity contribution in [2.24, 2.45) is 0 Å². The molecule has 21 heavy (non-hydrogen) atoms. The number of carbonyl (C=O) groups excluding carboxylic acids is 1. The quantitative estimate of drug-likeness (QED) is 0.808. The molecular formula is C16H24ClN3O. The average molecular weight is 310 g/mol. The van der Waals surface area contributed by atoms with Crippen LogP contribution in [0.4, 0.5) is 5.82 Å². The van der Waals surface area contributed by atoms with Crippen molar-refractivity contribution >= 4 is 23.3 Å². The van der Waals surface area contributed by atoms with E-state index in [2.05, 4.69) is 22.5 Å². The summed E-state index contributed by atoms with van der Waals surface area (Å²) in [5.74, 6) is 0.572. The van der Waals surface area contributed by atoms with Gasteiger partial charge < -0.3 is 10.6 Å². The fourth-order valence-electron chi connectivity index (χ4n) is 2.63. The Labute approximate surface area is 131 Å². The molecule has 4 nitrogen and oxygen atoms in total. The van der Waals surface area contributed by atoms with E-state index in [-0.39, 0.29) is 11.9 Å². The van der Waals surface area contributed by atoms with E-state index in [4.69, 9.17) is 11.6 Å². The molecule has 0 saturated heterocycles. The SMILES string of the molecule is CCCNc1ncc(C(=O)NC2CCCCCC2)cc1Cl. The van der Waals surface area contributed by atoms with E-state index in [1.165, 1.54) is 25.7 Å². The van der Waals surface area contributed by atoms with Crippen LogP contribution in [-0.2, 0) is 0 Å². The molecule has 0 bridgehead atoms. The number of carbonyl (C=O) groups is 1. The van der Waals surface area contributed by atoms with Gasteiger partial charge in [0.05, 0.1) is 10.6 Å². The topological polar surface area (TPSA) is 54.0 Å². The number of amides is 1. The van der Waals surface area contributed by atoms with Crippen molar-refractivity contribution < 1.29 is 4.79 Å². The zero-order valence-corrected chi connectivity index (χ0v) is 13.4. The molecule has 1 fully saturated rings. The van der Waals surface area contributed by atoms with Crippen molar-refractivity contribution in [3.8, 4) is 0 Å². The first-order chi connectivity index (χ1) is 10.2. The lowest BCUT2D eigenvalue weighted by atomic mass is 10.1. The second-order valence-electron chi connectivity index (χ2n) is 5.64. The van der Waals surface area contributed by atoms with Gasteiger partial charge >= 0.3 is 0 Å². The van der Waals surface area contributed by atoms with Gasteiger partial charge in [-0.05, 0) is 25.3 Å². The van der Waals surface area contributed by atoms with Gasteiger partial charge in [0.1, 0.15) is 5.82 Å². The van der Waals surface area contributed by atoms with Crippen molar-refractivity contribution in [1.82, 2.24) is 10.3 Å². The summed E-state index contributed by atoms with van der Waals surface area (Å²) in [6.45, 7) is 2.90. The van der Waals surface area contributed by atoms with Crippen molar-refractivity contribution in [1.29, 1.82) is 0 Å². The first kappa shape index (κ1) is 16.1. The molecule has 1 aromatic heterocycles. The smallest absolute Gasteiger partial charge is 0.253 e. The molecule has 0 radical (unpaired) electrons. The molecule has 2 rings (SSSR count). The summed E-state index contributed by atoms with van der Waals surface area (Å²) in [7, 11) is 0. The summed E-state index contributed by atoms with van der Waals surface area (Å²) in [5, 5.41) is 6.75. The van der Waals surface area contributed by atoms with Crippen LogP contribution in [-0.4, -0.2) is 23.5 Å². The van der Waals surface area contributed by atoms with Crippen molar-refractivity contribution in [3.05, 3.63) is 22.8 Å². The molecule has 0 aromatic carbocycles. The fraction of sp³-hybridized carbons (Fsp3) is 0.625. The zero-order chi connectivity index (χ0) is 15.1. The Balaban J connectivity index is 1.96. The average Bonchev–Trinajstić information content (AvgIpc) is 2.74. The van der Waals surface area contributed by atoms with Gasteiger partial charge in [0, 0.05) is 18.8 Å². The van der Waals surface area contributed by atoms with Crippen LogP contribution in [0.5, 0.6) is 0 Å². The number of hydrogen-bond donors (Lipinski definition) is 2. The third kappa shape index (κ3) is 4.88. The number of rotatable bonds is 5. The molecule has 0 spiro atoms. The normalized spacial score (nSPS) is 16.3. The lowest BCUT2D eigenvalue weighted by Gasteiger charge is -2.16. The Bertz CT molecular complexity index is 471. The molecule has 1 saturated carbocycles. The maximum Gasteiger partial charge on any atom is 0.253 e. The molecule has 1 aliphatic carbocycles. The number of aromatic nitrogens is 1. The highest BCUT2D eigenvalue weighted by Crippen LogP contribution is 2.21. The molecule has 0 unspecified atom stereocenters. The summed E-state index contributed by atoms with van der Waals surface area (Å²) in [4.78, 5) is 16.5. The van der Waals surface area contributed by atoms with Crippen molar-refractivity contribution in [2.45, 2.75) is 57.9 Å². The summed E-state index contributed by atoms with van der Waals surface area (Å²) >= 11 is 6.17. The van der Waals surface area contributed by atoms with Crippen LogP contribution >= 0.6 is 11.6 Å². The minimum Gasteiger partial charge on any atom is -0.369 e. The van der Waals surface area contributed by atoms with E-state index < -0.39 is 0 Å². The highest BCUT2D eigenvalue weighted by molar-refractivity contribution is 6.33. The minimum absolute atomic E-state index is 0.0710. The highest BCUT2D eigenvalue weighted by atomic mass is 35.5. The van der Waals surface area contributed by atoms with Gasteiger partial charge in [-0.3, -0.25) is 4.79 Å². The summed E-state index contributed by atoms with van der Waals surface area (Å²) in [6, 6.07) is 1.98. The van der Waals surface area contributed by atoms with E-state index in [9.17, 15) is 4.79 Å². The standard InChI is InChI=1S/C16H24ClN3O/c1-2-9-18-15-14(17)10-12(11-19-15)16(21)20-13-7-5-3-4-6-8-13/h10-11,13H,2-9H2,1H3,(H,18,19)(H,20,21). The number of nitrogens with zero attached hydrogens (tertiary/aromatic N) is 1. The van der Waals surface area contributed by atoms with E-state index in [1.54, 1.807) is 12.3 Å². The van der Waals surface area contributed by atoms with E-state index in [1.807, 2.05) is 0 Å². The monoisotopic (exact) mass is 309 g/mol. The molecule has 1 aliphatic rings. The Hall–Kier alpha value is -1.29. The lowest BCUT2D eigenvalue weighted by molar-refractivity contribution is 0.0933. The molecule has 116 valence electrons. The van der Waals surface area contributed by atoms with Crippen LogP contribution in [0, 0.1) is 0 Å². The van der Waals surface area contributed by atoms with Crippen LogP contribution in [0.25, 0.3) is 0 Å². The number of anilines is 1. The van der Waals surface area contributed by atoms with Gasteiger partial charge in [0.15, 0.2) is 0 Å². The molecule has 1 heterocycles. The van der Waals surface area contributed by atoms with E-state index >= 15 is 0 Å². The first-order valence-electron chi connectivity index (χ1n) is 7.91. The number of halogens is 1. The molecule has 2 N–H and O–H groups in total.